The van der Waals surface area contributed by atoms with E-state index >= 15 is 0 Å². The Bertz CT molecular complexity index is 581. The van der Waals surface area contributed by atoms with Gasteiger partial charge in [-0.3, -0.25) is 4.90 Å². The molecule has 2 rings (SSSR count). The Morgan fingerprint density at radius 3 is 2.35 bits per heavy atom. The van der Waals surface area contributed by atoms with Crippen LogP contribution < -0.4 is 5.73 Å². The lowest BCUT2D eigenvalue weighted by atomic mass is 10.3. The van der Waals surface area contributed by atoms with Crippen LogP contribution in [-0.2, 0) is 10.0 Å². The molecule has 1 aliphatic rings. The van der Waals surface area contributed by atoms with Gasteiger partial charge in [-0.1, -0.05) is 0 Å². The number of piperazine rings is 1. The Labute approximate surface area is 119 Å². The summed E-state index contributed by atoms with van der Waals surface area (Å²) in [5, 5.41) is 0. The zero-order chi connectivity index (χ0) is 14.9. The van der Waals surface area contributed by atoms with E-state index in [1.54, 1.807) is 0 Å². The quantitative estimate of drug-likeness (QED) is 0.850. The fourth-order valence-corrected chi connectivity index (χ4v) is 3.84. The van der Waals surface area contributed by atoms with Gasteiger partial charge in [0.15, 0.2) is 0 Å². The molecule has 5 nitrogen and oxygen atoms in total. The van der Waals surface area contributed by atoms with Gasteiger partial charge in [0.25, 0.3) is 0 Å². The van der Waals surface area contributed by atoms with Crippen LogP contribution in [0.2, 0.25) is 0 Å². The van der Waals surface area contributed by atoms with Gasteiger partial charge in [0.05, 0.1) is 0 Å². The highest BCUT2D eigenvalue weighted by Crippen LogP contribution is 2.23. The van der Waals surface area contributed by atoms with Gasteiger partial charge in [0.1, 0.15) is 10.7 Å². The normalized spacial score (nSPS) is 18.6. The lowest BCUT2D eigenvalue weighted by molar-refractivity contribution is 0.154. The molecule has 2 N–H and O–H groups in total. The van der Waals surface area contributed by atoms with Crippen LogP contribution in [0.4, 0.5) is 10.1 Å². The van der Waals surface area contributed by atoms with Crippen molar-refractivity contribution in [1.82, 2.24) is 9.21 Å². The van der Waals surface area contributed by atoms with Gasteiger partial charge in [0.2, 0.25) is 10.0 Å². The topological polar surface area (TPSA) is 66.6 Å². The highest BCUT2D eigenvalue weighted by molar-refractivity contribution is 7.89. The highest BCUT2D eigenvalue weighted by atomic mass is 32.2. The SMILES string of the molecule is CC(C)N1CCN(S(=O)(=O)c2cc(N)ccc2F)CC1. The second kappa shape index (κ2) is 5.67. The summed E-state index contributed by atoms with van der Waals surface area (Å²) in [5.74, 6) is -0.759. The van der Waals surface area contributed by atoms with Gasteiger partial charge in [-0.25, -0.2) is 12.8 Å². The van der Waals surface area contributed by atoms with Crippen LogP contribution in [0.15, 0.2) is 23.1 Å². The van der Waals surface area contributed by atoms with Crippen LogP contribution in [0.25, 0.3) is 0 Å². The van der Waals surface area contributed by atoms with Gasteiger partial charge in [0, 0.05) is 37.9 Å². The molecular formula is C13H20FN3O2S. The number of hydrogen-bond donors (Lipinski definition) is 1. The summed E-state index contributed by atoms with van der Waals surface area (Å²) in [6.45, 7) is 6.19. The van der Waals surface area contributed by atoms with Crippen LogP contribution in [0, 0.1) is 5.82 Å². The van der Waals surface area contributed by atoms with E-state index in [2.05, 4.69) is 18.7 Å². The number of halogens is 1. The predicted octanol–water partition coefficient (Wildman–Crippen LogP) is 1.12. The zero-order valence-electron chi connectivity index (χ0n) is 11.7. The van der Waals surface area contributed by atoms with E-state index < -0.39 is 15.8 Å². The second-order valence-corrected chi connectivity index (χ2v) is 7.13. The third-order valence-electron chi connectivity index (χ3n) is 3.58. The third kappa shape index (κ3) is 2.94. The molecule has 0 unspecified atom stereocenters. The van der Waals surface area contributed by atoms with E-state index in [0.29, 0.717) is 32.2 Å². The molecule has 1 saturated heterocycles. The molecule has 7 heteroatoms. The average molecular weight is 301 g/mol. The van der Waals surface area contributed by atoms with Crippen molar-refractivity contribution in [3.05, 3.63) is 24.0 Å². The van der Waals surface area contributed by atoms with Gasteiger partial charge >= 0.3 is 0 Å². The summed E-state index contributed by atoms with van der Waals surface area (Å²) in [6, 6.07) is 4.00. The molecule has 0 atom stereocenters. The van der Waals surface area contributed by atoms with Crippen LogP contribution in [0.3, 0.4) is 0 Å². The number of benzene rings is 1. The van der Waals surface area contributed by atoms with Crippen LogP contribution in [0.5, 0.6) is 0 Å². The molecule has 0 radical (unpaired) electrons. The zero-order valence-corrected chi connectivity index (χ0v) is 12.5. The van der Waals surface area contributed by atoms with Gasteiger partial charge in [-0.15, -0.1) is 0 Å². The maximum atomic E-state index is 13.8. The van der Waals surface area contributed by atoms with Crippen molar-refractivity contribution in [2.45, 2.75) is 24.8 Å². The Hall–Kier alpha value is -1.18. The van der Waals surface area contributed by atoms with E-state index in [1.807, 2.05) is 0 Å². The molecule has 1 aromatic carbocycles. The van der Waals surface area contributed by atoms with Gasteiger partial charge < -0.3 is 5.73 Å². The van der Waals surface area contributed by atoms with Crippen molar-refractivity contribution in [2.24, 2.45) is 0 Å². The summed E-state index contributed by atoms with van der Waals surface area (Å²) >= 11 is 0. The third-order valence-corrected chi connectivity index (χ3v) is 5.49. The van der Waals surface area contributed by atoms with Crippen molar-refractivity contribution in [3.8, 4) is 0 Å². The summed E-state index contributed by atoms with van der Waals surface area (Å²) in [5.41, 5.74) is 5.80. The molecule has 1 fully saturated rings. The van der Waals surface area contributed by atoms with Crippen molar-refractivity contribution < 1.29 is 12.8 Å². The summed E-state index contributed by atoms with van der Waals surface area (Å²) in [6.07, 6.45) is 0. The summed E-state index contributed by atoms with van der Waals surface area (Å²) in [7, 11) is -3.81. The highest BCUT2D eigenvalue weighted by Gasteiger charge is 2.31. The maximum Gasteiger partial charge on any atom is 0.246 e. The Morgan fingerprint density at radius 1 is 1.20 bits per heavy atom. The number of nitrogens with two attached hydrogens (primary N) is 1. The molecule has 0 amide bonds. The molecule has 0 spiro atoms. The summed E-state index contributed by atoms with van der Waals surface area (Å²) in [4.78, 5) is 1.86. The van der Waals surface area contributed by atoms with E-state index in [4.69, 9.17) is 5.73 Å². The van der Waals surface area contributed by atoms with Gasteiger partial charge in [-0.2, -0.15) is 4.31 Å². The van der Waals surface area contributed by atoms with Crippen LogP contribution in [-0.4, -0.2) is 49.8 Å². The average Bonchev–Trinajstić information content (AvgIpc) is 2.41. The predicted molar refractivity (Wildman–Crippen MR) is 76.3 cm³/mol. The molecule has 0 aliphatic carbocycles. The molecule has 1 heterocycles. The van der Waals surface area contributed by atoms with Crippen LogP contribution >= 0.6 is 0 Å². The van der Waals surface area contributed by atoms with E-state index in [1.165, 1.54) is 16.4 Å². The molecule has 20 heavy (non-hydrogen) atoms. The van der Waals surface area contributed by atoms with Crippen molar-refractivity contribution in [3.63, 3.8) is 0 Å². The first-order valence-corrected chi connectivity index (χ1v) is 8.05. The number of hydrogen-bond acceptors (Lipinski definition) is 4. The maximum absolute atomic E-state index is 13.8. The lowest BCUT2D eigenvalue weighted by Crippen LogP contribution is -2.50. The van der Waals surface area contributed by atoms with E-state index in [0.717, 1.165) is 6.07 Å². The molecular weight excluding hydrogens is 281 g/mol. The molecule has 0 aromatic heterocycles. The Kier molecular flexibility index (Phi) is 4.31. The molecule has 0 saturated carbocycles. The fraction of sp³-hybridized carbons (Fsp3) is 0.538. The van der Waals surface area contributed by atoms with Crippen molar-refractivity contribution in [2.75, 3.05) is 31.9 Å². The second-order valence-electron chi connectivity index (χ2n) is 5.22. The molecule has 112 valence electrons. The van der Waals surface area contributed by atoms with Crippen LogP contribution in [0.1, 0.15) is 13.8 Å². The van der Waals surface area contributed by atoms with E-state index in [-0.39, 0.29) is 10.6 Å². The molecule has 1 aromatic rings. The Balaban J connectivity index is 2.22. The van der Waals surface area contributed by atoms with E-state index in [9.17, 15) is 12.8 Å². The minimum absolute atomic E-state index is 0.241. The minimum Gasteiger partial charge on any atom is -0.399 e. The monoisotopic (exact) mass is 301 g/mol. The first-order chi connectivity index (χ1) is 9.32. The van der Waals surface area contributed by atoms with Crippen molar-refractivity contribution >= 4 is 15.7 Å². The first-order valence-electron chi connectivity index (χ1n) is 6.61. The first kappa shape index (κ1) is 15.2. The number of nitrogens with zero attached hydrogens (tertiary/aromatic N) is 2. The van der Waals surface area contributed by atoms with Gasteiger partial charge in [-0.05, 0) is 32.0 Å². The smallest absolute Gasteiger partial charge is 0.246 e. The number of sulfonamides is 1. The minimum atomic E-state index is -3.81. The standard InChI is InChI=1S/C13H20FN3O2S/c1-10(2)16-5-7-17(8-6-16)20(18,19)13-9-11(15)3-4-12(13)14/h3-4,9-10H,5-8,15H2,1-2H3. The number of rotatable bonds is 3. The molecule has 1 aliphatic heterocycles. The number of nitrogen functional groups attached to an aromatic ring is 1. The summed E-state index contributed by atoms with van der Waals surface area (Å²) < 4.78 is 40.0. The largest absolute Gasteiger partial charge is 0.399 e. The molecule has 0 bridgehead atoms. The Morgan fingerprint density at radius 2 is 1.80 bits per heavy atom. The lowest BCUT2D eigenvalue weighted by Gasteiger charge is -2.36. The fourth-order valence-electron chi connectivity index (χ4n) is 2.32. The number of anilines is 1. The van der Waals surface area contributed by atoms with Crippen molar-refractivity contribution in [1.29, 1.82) is 0 Å².